The van der Waals surface area contributed by atoms with E-state index in [1.807, 2.05) is 30.1 Å². The summed E-state index contributed by atoms with van der Waals surface area (Å²) in [6.07, 6.45) is 0. The molecular formula is C18H20N2O3. The van der Waals surface area contributed by atoms with Gasteiger partial charge in [0.1, 0.15) is 0 Å². The van der Waals surface area contributed by atoms with E-state index in [2.05, 4.69) is 24.4 Å². The number of carbonyl (C=O) groups excluding carboxylic acids is 1. The van der Waals surface area contributed by atoms with Crippen molar-refractivity contribution in [3.05, 3.63) is 53.6 Å². The van der Waals surface area contributed by atoms with E-state index in [4.69, 9.17) is 9.47 Å². The molecule has 5 nitrogen and oxygen atoms in total. The maximum atomic E-state index is 12.2. The van der Waals surface area contributed by atoms with Crippen molar-refractivity contribution in [3.63, 3.8) is 0 Å². The molecule has 0 aromatic heterocycles. The molecule has 5 heteroatoms. The van der Waals surface area contributed by atoms with Crippen LogP contribution in [0.4, 0.5) is 5.69 Å². The first-order chi connectivity index (χ1) is 11.1. The van der Waals surface area contributed by atoms with Crippen LogP contribution in [0.25, 0.3) is 0 Å². The van der Waals surface area contributed by atoms with E-state index in [1.165, 1.54) is 11.1 Å². The molecule has 0 bridgehead atoms. The number of nitrogens with zero attached hydrogens (tertiary/aromatic N) is 1. The standard InChI is InChI=1S/C18H20N2O3/c1-13-5-3-4-6-14(13)10-20(2)11-18(21)19-15-7-8-16-17(9-15)23-12-22-16/h3-9H,10-12H2,1-2H3,(H,19,21). The molecule has 2 aromatic rings. The van der Waals surface area contributed by atoms with Gasteiger partial charge in [-0.15, -0.1) is 0 Å². The van der Waals surface area contributed by atoms with Gasteiger partial charge in [0.25, 0.3) is 0 Å². The van der Waals surface area contributed by atoms with Gasteiger partial charge < -0.3 is 14.8 Å². The zero-order valence-corrected chi connectivity index (χ0v) is 13.3. The number of hydrogen-bond acceptors (Lipinski definition) is 4. The minimum absolute atomic E-state index is 0.0556. The number of carbonyl (C=O) groups is 1. The molecule has 0 aliphatic carbocycles. The Morgan fingerprint density at radius 1 is 1.17 bits per heavy atom. The lowest BCUT2D eigenvalue weighted by atomic mass is 10.1. The molecule has 1 N–H and O–H groups in total. The quantitative estimate of drug-likeness (QED) is 0.922. The number of hydrogen-bond donors (Lipinski definition) is 1. The lowest BCUT2D eigenvalue weighted by molar-refractivity contribution is -0.117. The number of aryl methyl sites for hydroxylation is 1. The third-order valence-electron chi connectivity index (χ3n) is 3.77. The Morgan fingerprint density at radius 2 is 1.96 bits per heavy atom. The van der Waals surface area contributed by atoms with E-state index >= 15 is 0 Å². The molecule has 0 atom stereocenters. The number of anilines is 1. The van der Waals surface area contributed by atoms with Gasteiger partial charge in [0.05, 0.1) is 6.54 Å². The van der Waals surface area contributed by atoms with Crippen LogP contribution in [0.1, 0.15) is 11.1 Å². The highest BCUT2D eigenvalue weighted by atomic mass is 16.7. The summed E-state index contributed by atoms with van der Waals surface area (Å²) in [5.74, 6) is 1.32. The molecule has 0 spiro atoms. The van der Waals surface area contributed by atoms with Gasteiger partial charge in [0, 0.05) is 18.3 Å². The molecule has 0 radical (unpaired) electrons. The lowest BCUT2D eigenvalue weighted by Crippen LogP contribution is -2.30. The van der Waals surface area contributed by atoms with E-state index in [-0.39, 0.29) is 12.7 Å². The van der Waals surface area contributed by atoms with E-state index in [9.17, 15) is 4.79 Å². The first kappa shape index (κ1) is 15.4. The third-order valence-corrected chi connectivity index (χ3v) is 3.77. The van der Waals surface area contributed by atoms with E-state index in [0.29, 0.717) is 23.7 Å². The summed E-state index contributed by atoms with van der Waals surface area (Å²) in [7, 11) is 1.94. The van der Waals surface area contributed by atoms with Crippen LogP contribution in [0.2, 0.25) is 0 Å². The fraction of sp³-hybridized carbons (Fsp3) is 0.278. The Balaban J connectivity index is 1.55. The van der Waals surface area contributed by atoms with E-state index in [0.717, 1.165) is 6.54 Å². The highest BCUT2D eigenvalue weighted by molar-refractivity contribution is 5.92. The first-order valence-electron chi connectivity index (χ1n) is 7.54. The maximum Gasteiger partial charge on any atom is 0.238 e. The summed E-state index contributed by atoms with van der Waals surface area (Å²) in [5, 5.41) is 2.89. The summed E-state index contributed by atoms with van der Waals surface area (Å²) >= 11 is 0. The van der Waals surface area contributed by atoms with E-state index < -0.39 is 0 Å². The van der Waals surface area contributed by atoms with Crippen molar-refractivity contribution in [3.8, 4) is 11.5 Å². The summed E-state index contributed by atoms with van der Waals surface area (Å²) in [6.45, 7) is 3.37. The second kappa shape index (κ2) is 6.71. The number of amides is 1. The summed E-state index contributed by atoms with van der Waals surface area (Å²) in [4.78, 5) is 14.2. The summed E-state index contributed by atoms with van der Waals surface area (Å²) < 4.78 is 10.6. The second-order valence-electron chi connectivity index (χ2n) is 5.71. The van der Waals surface area contributed by atoms with Gasteiger partial charge in [0.15, 0.2) is 11.5 Å². The average molecular weight is 312 g/mol. The lowest BCUT2D eigenvalue weighted by Gasteiger charge is -2.17. The normalized spacial score (nSPS) is 12.5. The number of fused-ring (bicyclic) bond motifs is 1. The molecule has 1 aliphatic rings. The predicted octanol–water partition coefficient (Wildman–Crippen LogP) is 2.79. The van der Waals surface area contributed by atoms with Gasteiger partial charge in [-0.3, -0.25) is 9.69 Å². The topological polar surface area (TPSA) is 50.8 Å². The van der Waals surface area contributed by atoms with Gasteiger partial charge in [-0.1, -0.05) is 24.3 Å². The highest BCUT2D eigenvalue weighted by Crippen LogP contribution is 2.34. The van der Waals surface area contributed by atoms with Gasteiger partial charge in [-0.25, -0.2) is 0 Å². The Labute approximate surface area is 135 Å². The largest absolute Gasteiger partial charge is 0.454 e. The van der Waals surface area contributed by atoms with Crippen LogP contribution in [0, 0.1) is 6.92 Å². The number of benzene rings is 2. The van der Waals surface area contributed by atoms with Crippen LogP contribution in [-0.4, -0.2) is 31.2 Å². The number of likely N-dealkylation sites (N-methyl/N-ethyl adjacent to an activating group) is 1. The van der Waals surface area contributed by atoms with Gasteiger partial charge >= 0.3 is 0 Å². The van der Waals surface area contributed by atoms with E-state index in [1.54, 1.807) is 12.1 Å². The maximum absolute atomic E-state index is 12.2. The minimum Gasteiger partial charge on any atom is -0.454 e. The Morgan fingerprint density at radius 3 is 2.78 bits per heavy atom. The second-order valence-corrected chi connectivity index (χ2v) is 5.71. The molecule has 0 saturated heterocycles. The molecule has 23 heavy (non-hydrogen) atoms. The zero-order chi connectivity index (χ0) is 16.2. The molecule has 120 valence electrons. The molecule has 0 fully saturated rings. The monoisotopic (exact) mass is 312 g/mol. The van der Waals surface area contributed by atoms with Crippen LogP contribution in [0.3, 0.4) is 0 Å². The highest BCUT2D eigenvalue weighted by Gasteiger charge is 2.14. The fourth-order valence-corrected chi connectivity index (χ4v) is 2.55. The van der Waals surface area contributed by atoms with Crippen molar-refractivity contribution in [2.45, 2.75) is 13.5 Å². The molecule has 0 saturated carbocycles. The summed E-state index contributed by atoms with van der Waals surface area (Å²) in [5.41, 5.74) is 3.17. The molecule has 3 rings (SSSR count). The van der Waals surface area contributed by atoms with Crippen molar-refractivity contribution in [2.75, 3.05) is 25.7 Å². The van der Waals surface area contributed by atoms with Crippen molar-refractivity contribution in [1.29, 1.82) is 0 Å². The molecular weight excluding hydrogens is 292 g/mol. The Hall–Kier alpha value is -2.53. The van der Waals surface area contributed by atoms with Crippen LogP contribution < -0.4 is 14.8 Å². The molecule has 2 aromatic carbocycles. The number of ether oxygens (including phenoxy) is 2. The predicted molar refractivity (Wildman–Crippen MR) is 88.7 cm³/mol. The van der Waals surface area contributed by atoms with Crippen molar-refractivity contribution in [2.24, 2.45) is 0 Å². The van der Waals surface area contributed by atoms with Crippen molar-refractivity contribution in [1.82, 2.24) is 4.90 Å². The Kier molecular flexibility index (Phi) is 4.48. The molecule has 0 unspecified atom stereocenters. The molecule has 1 aliphatic heterocycles. The van der Waals surface area contributed by atoms with Gasteiger partial charge in [-0.05, 0) is 37.2 Å². The van der Waals surface area contributed by atoms with Gasteiger partial charge in [-0.2, -0.15) is 0 Å². The molecule has 1 heterocycles. The number of nitrogens with one attached hydrogen (secondary N) is 1. The van der Waals surface area contributed by atoms with Crippen LogP contribution in [0.5, 0.6) is 11.5 Å². The fourth-order valence-electron chi connectivity index (χ4n) is 2.55. The van der Waals surface area contributed by atoms with Crippen LogP contribution >= 0.6 is 0 Å². The zero-order valence-electron chi connectivity index (χ0n) is 13.3. The van der Waals surface area contributed by atoms with Crippen molar-refractivity contribution >= 4 is 11.6 Å². The Bertz CT molecular complexity index is 715. The van der Waals surface area contributed by atoms with Crippen LogP contribution in [-0.2, 0) is 11.3 Å². The van der Waals surface area contributed by atoms with Crippen LogP contribution in [0.15, 0.2) is 42.5 Å². The third kappa shape index (κ3) is 3.81. The minimum atomic E-state index is -0.0556. The van der Waals surface area contributed by atoms with Gasteiger partial charge in [0.2, 0.25) is 12.7 Å². The number of rotatable bonds is 5. The average Bonchev–Trinajstić information content (AvgIpc) is 2.97. The molecule has 1 amide bonds. The van der Waals surface area contributed by atoms with Crippen molar-refractivity contribution < 1.29 is 14.3 Å². The smallest absolute Gasteiger partial charge is 0.238 e. The first-order valence-corrected chi connectivity index (χ1v) is 7.54. The summed E-state index contributed by atoms with van der Waals surface area (Å²) in [6, 6.07) is 13.6. The SMILES string of the molecule is Cc1ccccc1CN(C)CC(=O)Nc1ccc2c(c1)OCO2.